The molecule has 2 atom stereocenters. The van der Waals surface area contributed by atoms with E-state index in [4.69, 9.17) is 4.74 Å². The number of thiazole rings is 1. The van der Waals surface area contributed by atoms with Gasteiger partial charge in [0.05, 0.1) is 23.7 Å². The summed E-state index contributed by atoms with van der Waals surface area (Å²) in [5.74, 6) is -0.404. The second-order valence-corrected chi connectivity index (χ2v) is 9.93. The molecule has 1 saturated heterocycles. The van der Waals surface area contributed by atoms with Crippen molar-refractivity contribution in [3.8, 4) is 0 Å². The SMILES string of the molecule is O=C1Nc2ccc(S(=O)[NH+]([O-])c3ccc(C(=O)N4CCOCC4)cc3)cc2/C1=C\c1nccs1. The van der Waals surface area contributed by atoms with E-state index in [0.29, 0.717) is 58.6 Å². The van der Waals surface area contributed by atoms with Gasteiger partial charge in [0.25, 0.3) is 11.8 Å². The Labute approximate surface area is 201 Å². The molecule has 3 aromatic rings. The Morgan fingerprint density at radius 2 is 1.97 bits per heavy atom. The van der Waals surface area contributed by atoms with Gasteiger partial charge in [0.15, 0.2) is 0 Å². The predicted molar refractivity (Wildman–Crippen MR) is 129 cm³/mol. The van der Waals surface area contributed by atoms with Crippen molar-refractivity contribution in [2.24, 2.45) is 0 Å². The van der Waals surface area contributed by atoms with Crippen LogP contribution in [-0.2, 0) is 20.5 Å². The quantitative estimate of drug-likeness (QED) is 0.411. The Kier molecular flexibility index (Phi) is 6.35. The van der Waals surface area contributed by atoms with Crippen LogP contribution in [0.1, 0.15) is 20.9 Å². The van der Waals surface area contributed by atoms with Gasteiger partial charge in [-0.15, -0.1) is 11.3 Å². The maximum Gasteiger partial charge on any atom is 0.256 e. The first-order chi connectivity index (χ1) is 16.5. The number of amides is 2. The van der Waals surface area contributed by atoms with Crippen LogP contribution in [0.4, 0.5) is 11.4 Å². The van der Waals surface area contributed by atoms with Crippen LogP contribution in [-0.4, -0.2) is 52.2 Å². The summed E-state index contributed by atoms with van der Waals surface area (Å²) in [5, 5.41) is 18.2. The average Bonchev–Trinajstić information content (AvgIpc) is 3.51. The molecule has 0 radical (unpaired) electrons. The van der Waals surface area contributed by atoms with Crippen LogP contribution in [0.2, 0.25) is 0 Å². The van der Waals surface area contributed by atoms with Crippen molar-refractivity contribution in [1.29, 1.82) is 0 Å². The minimum Gasteiger partial charge on any atom is -0.614 e. The molecule has 0 saturated carbocycles. The highest BCUT2D eigenvalue weighted by molar-refractivity contribution is 7.78. The number of rotatable bonds is 5. The van der Waals surface area contributed by atoms with Crippen molar-refractivity contribution in [2.45, 2.75) is 4.90 Å². The van der Waals surface area contributed by atoms with E-state index >= 15 is 0 Å². The summed E-state index contributed by atoms with van der Waals surface area (Å²) in [6, 6.07) is 11.0. The molecule has 2 amide bonds. The number of ether oxygens (including phenoxy) is 1. The number of carbonyl (C=O) groups excluding carboxylic acids is 2. The summed E-state index contributed by atoms with van der Waals surface area (Å²) in [4.78, 5) is 31.2. The Morgan fingerprint density at radius 1 is 1.21 bits per heavy atom. The number of anilines is 1. The molecule has 2 aromatic carbocycles. The van der Waals surface area contributed by atoms with Gasteiger partial charge in [-0.3, -0.25) is 14.1 Å². The highest BCUT2D eigenvalue weighted by Crippen LogP contribution is 2.34. The first kappa shape index (κ1) is 22.6. The van der Waals surface area contributed by atoms with E-state index in [9.17, 15) is 19.0 Å². The lowest BCUT2D eigenvalue weighted by Gasteiger charge is -2.27. The molecule has 0 aliphatic carbocycles. The number of morpholine rings is 1. The van der Waals surface area contributed by atoms with E-state index in [1.807, 2.05) is 5.38 Å². The highest BCUT2D eigenvalue weighted by Gasteiger charge is 2.27. The Morgan fingerprint density at radius 3 is 2.68 bits per heavy atom. The highest BCUT2D eigenvalue weighted by atomic mass is 32.2. The van der Waals surface area contributed by atoms with Crippen molar-refractivity contribution in [3.63, 3.8) is 0 Å². The van der Waals surface area contributed by atoms with E-state index in [1.165, 1.54) is 23.5 Å². The molecule has 0 spiro atoms. The first-order valence-corrected chi connectivity index (χ1v) is 12.5. The van der Waals surface area contributed by atoms with E-state index in [2.05, 4.69) is 10.3 Å². The summed E-state index contributed by atoms with van der Waals surface area (Å²) < 4.78 is 17.7. The number of hydrogen-bond donors (Lipinski definition) is 2. The van der Waals surface area contributed by atoms with Crippen LogP contribution in [0, 0.1) is 5.21 Å². The van der Waals surface area contributed by atoms with Gasteiger partial charge in [-0.25, -0.2) is 4.98 Å². The third kappa shape index (κ3) is 4.43. The minimum absolute atomic E-state index is 0.126. The number of quaternary nitrogens is 1. The monoisotopic (exact) mass is 496 g/mol. The normalized spacial score (nSPS) is 18.4. The number of nitrogens with one attached hydrogen (secondary N) is 2. The van der Waals surface area contributed by atoms with Gasteiger partial charge in [0.2, 0.25) is 11.0 Å². The Hall–Kier alpha value is -3.22. The molecule has 0 bridgehead atoms. The van der Waals surface area contributed by atoms with E-state index in [1.54, 1.807) is 47.5 Å². The van der Waals surface area contributed by atoms with Crippen molar-refractivity contribution in [2.75, 3.05) is 31.6 Å². The van der Waals surface area contributed by atoms with Crippen molar-refractivity contribution in [3.05, 3.63) is 75.4 Å². The molecule has 9 nitrogen and oxygen atoms in total. The number of carbonyl (C=O) groups is 2. The lowest BCUT2D eigenvalue weighted by Crippen LogP contribution is -3.01. The molecule has 11 heteroatoms. The van der Waals surface area contributed by atoms with Crippen molar-refractivity contribution < 1.29 is 23.0 Å². The zero-order valence-corrected chi connectivity index (χ0v) is 19.5. The topological polar surface area (TPSA) is 116 Å². The van der Waals surface area contributed by atoms with Crippen LogP contribution >= 0.6 is 11.3 Å². The third-order valence-electron chi connectivity index (χ3n) is 5.54. The van der Waals surface area contributed by atoms with Gasteiger partial charge in [0.1, 0.15) is 10.7 Å². The second-order valence-electron chi connectivity index (χ2n) is 7.63. The number of fused-ring (bicyclic) bond motifs is 1. The smallest absolute Gasteiger partial charge is 0.256 e. The molecule has 2 unspecified atom stereocenters. The third-order valence-corrected chi connectivity index (χ3v) is 7.52. The fraction of sp³-hybridized carbons (Fsp3) is 0.174. The summed E-state index contributed by atoms with van der Waals surface area (Å²) in [6.45, 7) is 2.06. The number of aromatic nitrogens is 1. The summed E-state index contributed by atoms with van der Waals surface area (Å²) in [6.07, 6.45) is 3.32. The molecule has 174 valence electrons. The molecule has 34 heavy (non-hydrogen) atoms. The van der Waals surface area contributed by atoms with Gasteiger partial charge in [-0.2, -0.15) is 4.21 Å². The molecule has 2 N–H and O–H groups in total. The zero-order valence-electron chi connectivity index (χ0n) is 17.9. The lowest BCUT2D eigenvalue weighted by molar-refractivity contribution is -0.618. The molecule has 3 heterocycles. The summed E-state index contributed by atoms with van der Waals surface area (Å²) >= 11 is 1.40. The summed E-state index contributed by atoms with van der Waals surface area (Å²) in [5.41, 5.74) is 2.27. The predicted octanol–water partition coefficient (Wildman–Crippen LogP) is 1.85. The van der Waals surface area contributed by atoms with Gasteiger partial charge in [0, 0.05) is 53.6 Å². The zero-order chi connectivity index (χ0) is 23.7. The second kappa shape index (κ2) is 9.57. The standard InChI is InChI=1S/C23H20N4O5S2/c28-22-19(14-21-24-7-12-33-21)18-13-17(5-6-20(18)25-22)34(31)27(30)16-3-1-15(2-4-16)23(29)26-8-10-32-11-9-26/h1-7,12-14,27H,8-11H2,(H,25,28)/b19-14+. The number of hydrogen-bond acceptors (Lipinski definition) is 7. The van der Waals surface area contributed by atoms with Crippen molar-refractivity contribution in [1.82, 2.24) is 9.88 Å². The van der Waals surface area contributed by atoms with Gasteiger partial charge < -0.3 is 20.2 Å². The maximum atomic E-state index is 13.1. The van der Waals surface area contributed by atoms with E-state index in [-0.39, 0.29) is 17.5 Å². The molecular weight excluding hydrogens is 476 g/mol. The molecule has 2 aliphatic rings. The average molecular weight is 497 g/mol. The maximum absolute atomic E-state index is 13.1. The van der Waals surface area contributed by atoms with E-state index in [0.717, 1.165) is 0 Å². The number of nitrogens with zero attached hydrogens (tertiary/aromatic N) is 2. The molecular formula is C23H20N4O5S2. The van der Waals surface area contributed by atoms with Crippen LogP contribution in [0.25, 0.3) is 11.6 Å². The molecule has 5 rings (SSSR count). The van der Waals surface area contributed by atoms with Crippen LogP contribution < -0.4 is 9.79 Å². The number of benzene rings is 2. The fourth-order valence-electron chi connectivity index (χ4n) is 3.77. The fourth-order valence-corrected chi connectivity index (χ4v) is 5.32. The lowest BCUT2D eigenvalue weighted by atomic mass is 10.1. The Bertz CT molecular complexity index is 1290. The first-order valence-electron chi connectivity index (χ1n) is 10.5. The molecule has 1 aromatic heterocycles. The Balaban J connectivity index is 1.35. The van der Waals surface area contributed by atoms with Crippen molar-refractivity contribution >= 4 is 57.2 Å². The van der Waals surface area contributed by atoms with Gasteiger partial charge in [-0.1, -0.05) is 0 Å². The summed E-state index contributed by atoms with van der Waals surface area (Å²) in [7, 11) is -1.99. The van der Waals surface area contributed by atoms with E-state index < -0.39 is 15.5 Å². The van der Waals surface area contributed by atoms with Gasteiger partial charge in [-0.05, 0) is 36.4 Å². The van der Waals surface area contributed by atoms with Gasteiger partial charge >= 0.3 is 0 Å². The van der Waals surface area contributed by atoms with Crippen LogP contribution in [0.3, 0.4) is 0 Å². The molecule has 2 aliphatic heterocycles. The molecule has 1 fully saturated rings. The van der Waals surface area contributed by atoms with Crippen LogP contribution in [0.5, 0.6) is 0 Å². The minimum atomic E-state index is -1.99. The van der Waals surface area contributed by atoms with Crippen LogP contribution in [0.15, 0.2) is 58.9 Å². The largest absolute Gasteiger partial charge is 0.614 e.